The Labute approximate surface area is 156 Å². The lowest BCUT2D eigenvalue weighted by atomic mass is 9.84. The fourth-order valence-corrected chi connectivity index (χ4v) is 3.60. The molecule has 1 aliphatic rings. The Morgan fingerprint density at radius 1 is 0.923 bits per heavy atom. The van der Waals surface area contributed by atoms with Gasteiger partial charge in [-0.2, -0.15) is 4.89 Å². The van der Waals surface area contributed by atoms with Gasteiger partial charge in [0.25, 0.3) is 0 Å². The van der Waals surface area contributed by atoms with Crippen LogP contribution in [0.3, 0.4) is 0 Å². The van der Waals surface area contributed by atoms with Crippen LogP contribution in [-0.2, 0) is 9.78 Å². The van der Waals surface area contributed by atoms with Gasteiger partial charge in [0, 0.05) is 0 Å². The van der Waals surface area contributed by atoms with Gasteiger partial charge >= 0.3 is 5.97 Å². The molecule has 0 atom stereocenters. The van der Waals surface area contributed by atoms with E-state index >= 15 is 0 Å². The molecule has 0 heterocycles. The fourth-order valence-electron chi connectivity index (χ4n) is 3.60. The summed E-state index contributed by atoms with van der Waals surface area (Å²) in [7, 11) is 0. The van der Waals surface area contributed by atoms with E-state index in [-0.39, 0.29) is 6.10 Å². The number of carbonyl (C=O) groups is 1. The topological polar surface area (TPSA) is 35.5 Å². The minimum absolute atomic E-state index is 0.0421. The molecule has 1 saturated carbocycles. The molecule has 0 spiro atoms. The highest BCUT2D eigenvalue weighted by Gasteiger charge is 2.23. The minimum Gasteiger partial charge on any atom is -0.293 e. The molecule has 0 radical (unpaired) electrons. The van der Waals surface area contributed by atoms with Crippen molar-refractivity contribution in [2.24, 2.45) is 5.92 Å². The van der Waals surface area contributed by atoms with E-state index in [9.17, 15) is 4.79 Å². The minimum atomic E-state index is -0.419. The zero-order valence-electron chi connectivity index (χ0n) is 15.5. The molecule has 0 aromatic heterocycles. The van der Waals surface area contributed by atoms with Gasteiger partial charge in [-0.15, -0.1) is 0 Å². The van der Waals surface area contributed by atoms with E-state index in [2.05, 4.69) is 6.92 Å². The zero-order chi connectivity index (χ0) is 18.2. The average molecular weight is 352 g/mol. The van der Waals surface area contributed by atoms with Crippen LogP contribution >= 0.6 is 0 Å². The lowest BCUT2D eigenvalue weighted by Crippen LogP contribution is -2.23. The Balaban J connectivity index is 1.45. The standard InChI is InChI=1S/C23H28O3/c1-2-3-7-18-10-16-22(17-11-18)25-26-23(24)21-14-12-20(13-15-21)19-8-5-4-6-9-19/h4-6,8-9,12-15,18,22H,2-3,7,10-11,16-17H2,1H3. The summed E-state index contributed by atoms with van der Waals surface area (Å²) in [4.78, 5) is 22.7. The first kappa shape index (κ1) is 18.7. The lowest BCUT2D eigenvalue weighted by Gasteiger charge is -2.27. The highest BCUT2D eigenvalue weighted by Crippen LogP contribution is 2.30. The van der Waals surface area contributed by atoms with Gasteiger partial charge in [-0.1, -0.05) is 68.7 Å². The second-order valence-corrected chi connectivity index (χ2v) is 7.20. The summed E-state index contributed by atoms with van der Waals surface area (Å²) in [6, 6.07) is 17.5. The molecule has 3 heteroatoms. The maximum absolute atomic E-state index is 12.2. The highest BCUT2D eigenvalue weighted by atomic mass is 17.2. The molecule has 138 valence electrons. The first-order valence-electron chi connectivity index (χ1n) is 9.79. The number of rotatable bonds is 7. The van der Waals surface area contributed by atoms with E-state index in [1.165, 1.54) is 32.1 Å². The van der Waals surface area contributed by atoms with Gasteiger partial charge in [-0.3, -0.25) is 4.89 Å². The highest BCUT2D eigenvalue weighted by molar-refractivity contribution is 5.89. The van der Waals surface area contributed by atoms with Gasteiger partial charge in [0.15, 0.2) is 0 Å². The Hall–Kier alpha value is -2.13. The van der Waals surface area contributed by atoms with Crippen LogP contribution in [0.2, 0.25) is 0 Å². The molecule has 1 aliphatic carbocycles. The van der Waals surface area contributed by atoms with Crippen LogP contribution in [0.25, 0.3) is 11.1 Å². The summed E-state index contributed by atoms with van der Waals surface area (Å²) in [5, 5.41) is 0. The van der Waals surface area contributed by atoms with Crippen molar-refractivity contribution in [3.05, 3.63) is 60.2 Å². The first-order valence-corrected chi connectivity index (χ1v) is 9.79. The van der Waals surface area contributed by atoms with Crippen molar-refractivity contribution in [2.75, 3.05) is 0 Å². The third-order valence-electron chi connectivity index (χ3n) is 5.25. The van der Waals surface area contributed by atoms with Crippen molar-refractivity contribution in [1.29, 1.82) is 0 Å². The van der Waals surface area contributed by atoms with Gasteiger partial charge in [0.1, 0.15) is 6.10 Å². The van der Waals surface area contributed by atoms with Crippen LogP contribution in [0.1, 0.15) is 62.2 Å². The van der Waals surface area contributed by atoms with E-state index in [1.807, 2.05) is 42.5 Å². The SMILES string of the molecule is CCCCC1CCC(OOC(=O)c2ccc(-c3ccccc3)cc2)CC1. The maximum atomic E-state index is 12.2. The average Bonchev–Trinajstić information content (AvgIpc) is 2.72. The molecule has 2 aromatic rings. The quantitative estimate of drug-likeness (QED) is 0.440. The van der Waals surface area contributed by atoms with Gasteiger partial charge in [0.2, 0.25) is 0 Å². The molecule has 26 heavy (non-hydrogen) atoms. The van der Waals surface area contributed by atoms with Gasteiger partial charge in [-0.05, 0) is 54.9 Å². The van der Waals surface area contributed by atoms with Crippen LogP contribution in [-0.4, -0.2) is 12.1 Å². The summed E-state index contributed by atoms with van der Waals surface area (Å²) in [5.74, 6) is 0.397. The van der Waals surface area contributed by atoms with Crippen molar-refractivity contribution in [1.82, 2.24) is 0 Å². The van der Waals surface area contributed by atoms with Crippen LogP contribution < -0.4 is 0 Å². The molecular formula is C23H28O3. The van der Waals surface area contributed by atoms with Crippen molar-refractivity contribution in [3.8, 4) is 11.1 Å². The Morgan fingerprint density at radius 3 is 2.23 bits per heavy atom. The fraction of sp³-hybridized carbons (Fsp3) is 0.435. The predicted octanol–water partition coefficient (Wildman–Crippen LogP) is 6.19. The molecule has 0 bridgehead atoms. The van der Waals surface area contributed by atoms with E-state index < -0.39 is 5.97 Å². The first-order chi connectivity index (χ1) is 12.8. The van der Waals surface area contributed by atoms with Gasteiger partial charge in [-0.25, -0.2) is 4.79 Å². The maximum Gasteiger partial charge on any atom is 0.373 e. The van der Waals surface area contributed by atoms with Crippen LogP contribution in [0.4, 0.5) is 0 Å². The van der Waals surface area contributed by atoms with E-state index in [4.69, 9.17) is 9.78 Å². The Morgan fingerprint density at radius 2 is 1.58 bits per heavy atom. The van der Waals surface area contributed by atoms with Crippen molar-refractivity contribution in [3.63, 3.8) is 0 Å². The van der Waals surface area contributed by atoms with E-state index in [0.29, 0.717) is 5.56 Å². The molecule has 3 nitrogen and oxygen atoms in total. The Kier molecular flexibility index (Phi) is 6.84. The zero-order valence-corrected chi connectivity index (χ0v) is 15.5. The summed E-state index contributed by atoms with van der Waals surface area (Å²) < 4.78 is 0. The second-order valence-electron chi connectivity index (χ2n) is 7.20. The molecular weight excluding hydrogens is 324 g/mol. The van der Waals surface area contributed by atoms with Crippen LogP contribution in [0.15, 0.2) is 54.6 Å². The van der Waals surface area contributed by atoms with Crippen LogP contribution in [0.5, 0.6) is 0 Å². The van der Waals surface area contributed by atoms with E-state index in [0.717, 1.165) is 29.9 Å². The third kappa shape index (κ3) is 5.18. The molecule has 0 saturated heterocycles. The number of carbonyl (C=O) groups excluding carboxylic acids is 1. The van der Waals surface area contributed by atoms with Crippen molar-refractivity contribution >= 4 is 5.97 Å². The number of unbranched alkanes of at least 4 members (excludes halogenated alkanes) is 1. The summed E-state index contributed by atoms with van der Waals surface area (Å²) in [5.41, 5.74) is 2.72. The normalized spacial score (nSPS) is 19.9. The predicted molar refractivity (Wildman–Crippen MR) is 104 cm³/mol. The summed E-state index contributed by atoms with van der Waals surface area (Å²) >= 11 is 0. The monoisotopic (exact) mass is 352 g/mol. The molecule has 1 fully saturated rings. The number of hydrogen-bond donors (Lipinski definition) is 0. The summed E-state index contributed by atoms with van der Waals surface area (Å²) in [6.07, 6.45) is 8.24. The third-order valence-corrected chi connectivity index (χ3v) is 5.25. The molecule has 0 amide bonds. The van der Waals surface area contributed by atoms with Gasteiger partial charge in [0.05, 0.1) is 5.56 Å². The molecule has 2 aromatic carbocycles. The molecule has 3 rings (SSSR count). The summed E-state index contributed by atoms with van der Waals surface area (Å²) in [6.45, 7) is 2.24. The molecule has 0 unspecified atom stereocenters. The van der Waals surface area contributed by atoms with Crippen LogP contribution in [0, 0.1) is 5.92 Å². The van der Waals surface area contributed by atoms with Crippen molar-refractivity contribution in [2.45, 2.75) is 58.0 Å². The van der Waals surface area contributed by atoms with Crippen molar-refractivity contribution < 1.29 is 14.6 Å². The lowest BCUT2D eigenvalue weighted by molar-refractivity contribution is -0.280. The van der Waals surface area contributed by atoms with Gasteiger partial charge < -0.3 is 0 Å². The largest absolute Gasteiger partial charge is 0.373 e. The van der Waals surface area contributed by atoms with E-state index in [1.54, 1.807) is 12.1 Å². The second kappa shape index (κ2) is 9.54. The number of benzene rings is 2. The number of hydrogen-bond acceptors (Lipinski definition) is 3. The smallest absolute Gasteiger partial charge is 0.293 e. The molecule has 0 aliphatic heterocycles. The Bertz CT molecular complexity index is 670. The molecule has 0 N–H and O–H groups in total.